The molecule has 1 atom stereocenters. The normalized spacial score (nSPS) is 26.5. The van der Waals surface area contributed by atoms with E-state index in [-0.39, 0.29) is 5.92 Å². The third-order valence-corrected chi connectivity index (χ3v) is 5.58. The fraction of sp³-hybridized carbons (Fsp3) is 0.579. The first-order valence-corrected chi connectivity index (χ1v) is 9.45. The van der Waals surface area contributed by atoms with E-state index in [1.54, 1.807) is 6.20 Å². The summed E-state index contributed by atoms with van der Waals surface area (Å²) in [4.78, 5) is 24.5. The maximum Gasteiger partial charge on any atom is 0.223 e. The van der Waals surface area contributed by atoms with Crippen molar-refractivity contribution in [1.29, 1.82) is 0 Å². The molecule has 2 fully saturated rings. The van der Waals surface area contributed by atoms with Gasteiger partial charge in [-0.3, -0.25) is 0 Å². The molecule has 0 amide bonds. The third-order valence-electron chi connectivity index (χ3n) is 5.58. The molecule has 0 spiro atoms. The molecule has 26 heavy (non-hydrogen) atoms. The van der Waals surface area contributed by atoms with Gasteiger partial charge in [0.15, 0.2) is 0 Å². The molecule has 138 valence electrons. The molecule has 2 aromatic rings. The van der Waals surface area contributed by atoms with Crippen molar-refractivity contribution in [2.24, 2.45) is 5.92 Å². The Hall–Kier alpha value is -2.28. The lowest BCUT2D eigenvalue weighted by atomic mass is 9.87. The number of anilines is 2. The quantitative estimate of drug-likeness (QED) is 0.813. The molecule has 4 rings (SSSR count). The summed E-state index contributed by atoms with van der Waals surface area (Å²) >= 11 is 0. The average Bonchev–Trinajstić information content (AvgIpc) is 2.69. The minimum atomic E-state index is 0.203. The van der Waals surface area contributed by atoms with Crippen molar-refractivity contribution in [3.8, 4) is 0 Å². The zero-order valence-corrected chi connectivity index (χ0v) is 14.9. The van der Waals surface area contributed by atoms with Crippen LogP contribution in [-0.4, -0.2) is 40.5 Å². The topological polar surface area (TPSA) is 103 Å². The van der Waals surface area contributed by atoms with Gasteiger partial charge in [-0.05, 0) is 38.5 Å². The second kappa shape index (κ2) is 7.53. The van der Waals surface area contributed by atoms with Crippen molar-refractivity contribution in [2.75, 3.05) is 24.3 Å². The molecule has 0 aromatic carbocycles. The first-order chi connectivity index (χ1) is 12.7. The average molecular weight is 355 g/mol. The molecular formula is C19H25N5O2. The van der Waals surface area contributed by atoms with Gasteiger partial charge in [-0.1, -0.05) is 0 Å². The molecule has 7 nitrogen and oxygen atoms in total. The summed E-state index contributed by atoms with van der Waals surface area (Å²) in [5, 5.41) is 4.23. The van der Waals surface area contributed by atoms with E-state index in [0.717, 1.165) is 67.9 Å². The van der Waals surface area contributed by atoms with Gasteiger partial charge >= 0.3 is 0 Å². The lowest BCUT2D eigenvalue weighted by molar-refractivity contribution is -0.111. The Morgan fingerprint density at radius 1 is 1.15 bits per heavy atom. The highest BCUT2D eigenvalue weighted by Gasteiger charge is 2.23. The van der Waals surface area contributed by atoms with E-state index in [0.29, 0.717) is 30.3 Å². The summed E-state index contributed by atoms with van der Waals surface area (Å²) in [6.07, 6.45) is 10.6. The molecule has 2 aliphatic rings. The molecule has 1 saturated heterocycles. The number of rotatable bonds is 4. The number of nitrogens with zero attached hydrogens (tertiary/aromatic N) is 3. The number of hydrogen-bond donors (Lipinski definition) is 2. The predicted octanol–water partition coefficient (Wildman–Crippen LogP) is 2.67. The predicted molar refractivity (Wildman–Crippen MR) is 100.0 cm³/mol. The van der Waals surface area contributed by atoms with Crippen LogP contribution in [0.4, 0.5) is 11.8 Å². The molecule has 1 unspecified atom stereocenters. The molecule has 3 heterocycles. The van der Waals surface area contributed by atoms with Crippen molar-refractivity contribution < 1.29 is 9.53 Å². The molecular weight excluding hydrogens is 330 g/mol. The van der Waals surface area contributed by atoms with E-state index in [9.17, 15) is 4.79 Å². The number of ether oxygens (including phenoxy) is 1. The Morgan fingerprint density at radius 2 is 2.00 bits per heavy atom. The van der Waals surface area contributed by atoms with E-state index in [2.05, 4.69) is 15.3 Å². The number of nitrogen functional groups attached to an aromatic ring is 1. The van der Waals surface area contributed by atoms with Crippen LogP contribution in [0.3, 0.4) is 0 Å². The van der Waals surface area contributed by atoms with Gasteiger partial charge in [-0.25, -0.2) is 15.0 Å². The largest absolute Gasteiger partial charge is 0.383 e. The molecule has 2 aromatic heterocycles. The highest BCUT2D eigenvalue weighted by molar-refractivity contribution is 5.90. The number of aromatic nitrogens is 3. The van der Waals surface area contributed by atoms with Gasteiger partial charge < -0.3 is 20.6 Å². The van der Waals surface area contributed by atoms with Gasteiger partial charge in [0.05, 0.1) is 17.5 Å². The number of nitrogens with two attached hydrogens (primary N) is 1. The van der Waals surface area contributed by atoms with Crippen LogP contribution >= 0.6 is 0 Å². The fourth-order valence-electron chi connectivity index (χ4n) is 4.00. The van der Waals surface area contributed by atoms with Crippen LogP contribution in [0.1, 0.15) is 50.0 Å². The zero-order valence-electron chi connectivity index (χ0n) is 14.9. The van der Waals surface area contributed by atoms with E-state index in [1.165, 1.54) is 0 Å². The zero-order chi connectivity index (χ0) is 17.9. The number of nitrogens with one attached hydrogen (secondary N) is 1. The Balaban J connectivity index is 1.59. The van der Waals surface area contributed by atoms with Crippen molar-refractivity contribution in [3.05, 3.63) is 18.0 Å². The van der Waals surface area contributed by atoms with Crippen molar-refractivity contribution in [1.82, 2.24) is 15.0 Å². The number of aldehydes is 1. The lowest BCUT2D eigenvalue weighted by Crippen LogP contribution is -2.27. The van der Waals surface area contributed by atoms with Crippen LogP contribution in [0.15, 0.2) is 12.4 Å². The minimum Gasteiger partial charge on any atom is -0.383 e. The summed E-state index contributed by atoms with van der Waals surface area (Å²) in [5.74, 6) is 1.58. The number of pyridine rings is 1. The molecule has 1 aliphatic heterocycles. The van der Waals surface area contributed by atoms with Gasteiger partial charge in [0.1, 0.15) is 12.1 Å². The maximum atomic E-state index is 10.9. The second-order valence-corrected chi connectivity index (χ2v) is 7.36. The number of carbonyl (C=O) groups is 1. The van der Waals surface area contributed by atoms with Gasteiger partial charge in [0.2, 0.25) is 5.95 Å². The summed E-state index contributed by atoms with van der Waals surface area (Å²) in [6, 6.07) is 0.310. The minimum absolute atomic E-state index is 0.203. The van der Waals surface area contributed by atoms with Gasteiger partial charge in [0.25, 0.3) is 0 Å². The summed E-state index contributed by atoms with van der Waals surface area (Å²) in [6.45, 7) is 1.52. The number of hydrogen-bond acceptors (Lipinski definition) is 7. The van der Waals surface area contributed by atoms with Gasteiger partial charge in [0, 0.05) is 42.4 Å². The fourth-order valence-corrected chi connectivity index (χ4v) is 4.00. The molecule has 0 bridgehead atoms. The number of carbonyl (C=O) groups excluding carboxylic acids is 1. The van der Waals surface area contributed by atoms with Crippen LogP contribution in [0.5, 0.6) is 0 Å². The van der Waals surface area contributed by atoms with E-state index >= 15 is 0 Å². The van der Waals surface area contributed by atoms with E-state index in [1.807, 2.05) is 6.20 Å². The monoisotopic (exact) mass is 355 g/mol. The van der Waals surface area contributed by atoms with Crippen molar-refractivity contribution >= 4 is 29.0 Å². The summed E-state index contributed by atoms with van der Waals surface area (Å²) in [7, 11) is 0. The molecule has 7 heteroatoms. The van der Waals surface area contributed by atoms with Crippen LogP contribution in [-0.2, 0) is 9.53 Å². The Labute approximate surface area is 152 Å². The van der Waals surface area contributed by atoms with E-state index < -0.39 is 0 Å². The van der Waals surface area contributed by atoms with Crippen LogP contribution in [0.2, 0.25) is 0 Å². The summed E-state index contributed by atoms with van der Waals surface area (Å²) < 4.78 is 5.64. The maximum absolute atomic E-state index is 10.9. The molecule has 0 radical (unpaired) electrons. The first-order valence-electron chi connectivity index (χ1n) is 9.45. The van der Waals surface area contributed by atoms with Crippen LogP contribution in [0, 0.1) is 5.92 Å². The first kappa shape index (κ1) is 17.1. The standard InChI is InChI=1S/C19H25N5O2/c20-18-16-9-22-19(23-14-5-3-12(10-25)4-6-14)24-17(16)15(8-21-18)13-2-1-7-26-11-13/h8-10,12-14H,1-7,11H2,(H2,20,21)(H,22,23,24)/t12-,13?,14-. The van der Waals surface area contributed by atoms with Gasteiger partial charge in [-0.2, -0.15) is 0 Å². The SMILES string of the molecule is Nc1ncc(C2CCCOC2)c2nc(N[C@H]3CC[C@H](C=O)CC3)ncc12. The Kier molecular flexibility index (Phi) is 4.97. The second-order valence-electron chi connectivity index (χ2n) is 7.36. The highest BCUT2D eigenvalue weighted by atomic mass is 16.5. The molecule has 1 saturated carbocycles. The smallest absolute Gasteiger partial charge is 0.223 e. The van der Waals surface area contributed by atoms with Crippen LogP contribution < -0.4 is 11.1 Å². The van der Waals surface area contributed by atoms with Crippen molar-refractivity contribution in [3.63, 3.8) is 0 Å². The van der Waals surface area contributed by atoms with Gasteiger partial charge in [-0.15, -0.1) is 0 Å². The van der Waals surface area contributed by atoms with E-state index in [4.69, 9.17) is 15.5 Å². The number of fused-ring (bicyclic) bond motifs is 1. The highest BCUT2D eigenvalue weighted by Crippen LogP contribution is 2.32. The van der Waals surface area contributed by atoms with Crippen LogP contribution in [0.25, 0.3) is 10.9 Å². The Morgan fingerprint density at radius 3 is 2.73 bits per heavy atom. The van der Waals surface area contributed by atoms with Crippen molar-refractivity contribution in [2.45, 2.75) is 50.5 Å². The molecule has 3 N–H and O–H groups in total. The third kappa shape index (κ3) is 3.49. The Bertz CT molecular complexity index is 783. The lowest BCUT2D eigenvalue weighted by Gasteiger charge is -2.26. The molecule has 1 aliphatic carbocycles. The summed E-state index contributed by atoms with van der Waals surface area (Å²) in [5.41, 5.74) is 8.00.